The summed E-state index contributed by atoms with van der Waals surface area (Å²) in [5.41, 5.74) is 3.21. The summed E-state index contributed by atoms with van der Waals surface area (Å²) >= 11 is 5.43. The summed E-state index contributed by atoms with van der Waals surface area (Å²) in [6.45, 7) is 2.52. The molecule has 2 aliphatic heterocycles. The van der Waals surface area contributed by atoms with Gasteiger partial charge < -0.3 is 14.2 Å². The lowest BCUT2D eigenvalue weighted by Crippen LogP contribution is -2.34. The molecule has 1 aromatic heterocycles. The largest absolute Gasteiger partial charge is 0.493 e. The second-order valence-electron chi connectivity index (χ2n) is 7.09. The molecule has 5 rings (SSSR count). The molecular weight excluding hydrogens is 464 g/mol. The summed E-state index contributed by atoms with van der Waals surface area (Å²) in [5, 5.41) is 9.18. The number of nitrogens with zero attached hydrogens (tertiary/aromatic N) is 2. The molecule has 0 saturated carbocycles. The fourth-order valence-corrected chi connectivity index (χ4v) is 5.24. The third-order valence-electron chi connectivity index (χ3n) is 5.35. The number of benzene rings is 2. The maximum atomic E-state index is 6.48. The lowest BCUT2D eigenvalue weighted by atomic mass is 9.97. The van der Waals surface area contributed by atoms with E-state index in [1.807, 2.05) is 31.2 Å². The number of rotatable bonds is 5. The average Bonchev–Trinajstić information content (AvgIpc) is 3.44. The highest BCUT2D eigenvalue weighted by Crippen LogP contribution is 2.49. The van der Waals surface area contributed by atoms with Gasteiger partial charge in [0.1, 0.15) is 5.75 Å². The zero-order valence-corrected chi connectivity index (χ0v) is 19.1. The minimum absolute atomic E-state index is 0.126. The first-order valence-electron chi connectivity index (χ1n) is 9.85. The second kappa shape index (κ2) is 7.96. The third kappa shape index (κ3) is 3.26. The molecule has 2 aromatic carbocycles. The van der Waals surface area contributed by atoms with Crippen LogP contribution in [0.15, 0.2) is 63.5 Å². The maximum absolute atomic E-state index is 6.48. The summed E-state index contributed by atoms with van der Waals surface area (Å²) in [6, 6.07) is 16.5. The summed E-state index contributed by atoms with van der Waals surface area (Å²) in [4.78, 5) is 1.20. The van der Waals surface area contributed by atoms with E-state index in [1.165, 1.54) is 10.4 Å². The highest BCUT2D eigenvalue weighted by Gasteiger charge is 2.42. The number of para-hydroxylation sites is 1. The minimum Gasteiger partial charge on any atom is -0.493 e. The van der Waals surface area contributed by atoms with Crippen molar-refractivity contribution in [2.75, 3.05) is 13.7 Å². The van der Waals surface area contributed by atoms with Gasteiger partial charge in [0.2, 0.25) is 6.23 Å². The van der Waals surface area contributed by atoms with Crippen LogP contribution in [0.5, 0.6) is 17.2 Å². The molecule has 0 aliphatic carbocycles. The summed E-state index contributed by atoms with van der Waals surface area (Å²) < 4.78 is 18.7. The number of fused-ring (bicyclic) bond motifs is 3. The van der Waals surface area contributed by atoms with E-state index in [1.54, 1.807) is 18.4 Å². The Morgan fingerprint density at radius 2 is 2.03 bits per heavy atom. The Bertz CT molecular complexity index is 1100. The molecule has 0 saturated heterocycles. The summed E-state index contributed by atoms with van der Waals surface area (Å²) in [7, 11) is 1.64. The predicted octanol–water partition coefficient (Wildman–Crippen LogP) is 6.16. The Hall–Kier alpha value is -2.51. The lowest BCUT2D eigenvalue weighted by Gasteiger charge is -2.38. The van der Waals surface area contributed by atoms with E-state index in [2.05, 4.69) is 50.6 Å². The molecule has 154 valence electrons. The number of methoxy groups -OCH3 is 1. The molecule has 2 aliphatic rings. The molecule has 0 amide bonds. The quantitative estimate of drug-likeness (QED) is 0.434. The Balaban J connectivity index is 1.62. The van der Waals surface area contributed by atoms with Crippen molar-refractivity contribution >= 4 is 33.0 Å². The van der Waals surface area contributed by atoms with Crippen LogP contribution >= 0.6 is 27.3 Å². The molecule has 3 aromatic rings. The molecule has 5 nitrogen and oxygen atoms in total. The van der Waals surface area contributed by atoms with Crippen LogP contribution in [0.4, 0.5) is 0 Å². The fourth-order valence-electron chi connectivity index (χ4n) is 4.00. The number of hydrogen-bond acceptors (Lipinski definition) is 6. The first-order chi connectivity index (χ1) is 14.7. The molecule has 0 spiro atoms. The van der Waals surface area contributed by atoms with Crippen LogP contribution in [0.1, 0.15) is 41.6 Å². The van der Waals surface area contributed by atoms with Gasteiger partial charge in [0.15, 0.2) is 11.5 Å². The maximum Gasteiger partial charge on any atom is 0.215 e. The summed E-state index contributed by atoms with van der Waals surface area (Å²) in [6.07, 6.45) is 0.477. The number of thiophene rings is 1. The van der Waals surface area contributed by atoms with Crippen molar-refractivity contribution in [3.05, 3.63) is 74.4 Å². The average molecular weight is 485 g/mol. The van der Waals surface area contributed by atoms with E-state index < -0.39 is 0 Å². The van der Waals surface area contributed by atoms with E-state index >= 15 is 0 Å². The van der Waals surface area contributed by atoms with Crippen LogP contribution in [0, 0.1) is 0 Å². The Morgan fingerprint density at radius 1 is 1.17 bits per heavy atom. The molecule has 30 heavy (non-hydrogen) atoms. The molecular formula is C23H21BrN2O3S. The zero-order chi connectivity index (χ0) is 20.7. The molecule has 0 radical (unpaired) electrons. The predicted molar refractivity (Wildman–Crippen MR) is 122 cm³/mol. The van der Waals surface area contributed by atoms with Crippen molar-refractivity contribution < 1.29 is 14.2 Å². The lowest BCUT2D eigenvalue weighted by molar-refractivity contribution is -0.0196. The van der Waals surface area contributed by atoms with Gasteiger partial charge in [-0.25, -0.2) is 5.01 Å². The van der Waals surface area contributed by atoms with Crippen molar-refractivity contribution in [1.82, 2.24) is 5.01 Å². The van der Waals surface area contributed by atoms with E-state index in [-0.39, 0.29) is 12.3 Å². The topological polar surface area (TPSA) is 43.3 Å². The summed E-state index contributed by atoms with van der Waals surface area (Å²) in [5.74, 6) is 2.27. The zero-order valence-electron chi connectivity index (χ0n) is 16.7. The van der Waals surface area contributed by atoms with Gasteiger partial charge in [0, 0.05) is 22.0 Å². The molecule has 0 N–H and O–H groups in total. The number of halogens is 1. The van der Waals surface area contributed by atoms with E-state index in [0.717, 1.165) is 27.9 Å². The standard InChI is InChI=1S/C23H21BrN2O3S/c1-3-28-21-11-15(16(24)12-20(21)27-2)23-26-18(14-7-4-5-8-19(14)29-23)13-17(25-26)22-9-6-10-30-22/h4-12,18,23H,3,13H2,1-2H3/t18-,23+/m1/s1. The van der Waals surface area contributed by atoms with Crippen molar-refractivity contribution in [2.45, 2.75) is 25.6 Å². The highest BCUT2D eigenvalue weighted by molar-refractivity contribution is 9.10. The first kappa shape index (κ1) is 19.5. The van der Waals surface area contributed by atoms with Crippen molar-refractivity contribution in [3.8, 4) is 17.2 Å². The number of ether oxygens (including phenoxy) is 3. The smallest absolute Gasteiger partial charge is 0.215 e. The monoisotopic (exact) mass is 484 g/mol. The van der Waals surface area contributed by atoms with Gasteiger partial charge in [0.05, 0.1) is 30.3 Å². The normalized spacial score (nSPS) is 19.6. The van der Waals surface area contributed by atoms with Gasteiger partial charge in [-0.3, -0.25) is 0 Å². The second-order valence-corrected chi connectivity index (χ2v) is 8.89. The van der Waals surface area contributed by atoms with Crippen molar-refractivity contribution in [2.24, 2.45) is 5.10 Å². The Kier molecular flexibility index (Phi) is 5.16. The Morgan fingerprint density at radius 3 is 2.80 bits per heavy atom. The Labute approximate surface area is 188 Å². The van der Waals surface area contributed by atoms with Crippen LogP contribution in [-0.4, -0.2) is 24.4 Å². The number of hydrogen-bond donors (Lipinski definition) is 0. The van der Waals surface area contributed by atoms with Crippen molar-refractivity contribution in [1.29, 1.82) is 0 Å². The van der Waals surface area contributed by atoms with Gasteiger partial charge in [-0.1, -0.05) is 40.2 Å². The van der Waals surface area contributed by atoms with Crippen LogP contribution < -0.4 is 14.2 Å². The molecule has 0 fully saturated rings. The van der Waals surface area contributed by atoms with E-state index in [9.17, 15) is 0 Å². The molecule has 0 unspecified atom stereocenters. The number of hydrazone groups is 1. The van der Waals surface area contributed by atoms with Crippen LogP contribution in [-0.2, 0) is 0 Å². The highest BCUT2D eigenvalue weighted by atomic mass is 79.9. The third-order valence-corrected chi connectivity index (χ3v) is 6.96. The van der Waals surface area contributed by atoms with Gasteiger partial charge >= 0.3 is 0 Å². The molecule has 0 bridgehead atoms. The fraction of sp³-hybridized carbons (Fsp3) is 0.261. The van der Waals surface area contributed by atoms with Crippen LogP contribution in [0.3, 0.4) is 0 Å². The molecule has 3 heterocycles. The minimum atomic E-state index is -0.373. The van der Waals surface area contributed by atoms with Gasteiger partial charge in [-0.15, -0.1) is 11.3 Å². The van der Waals surface area contributed by atoms with E-state index in [0.29, 0.717) is 18.1 Å². The molecule has 7 heteroatoms. The van der Waals surface area contributed by atoms with E-state index in [4.69, 9.17) is 19.3 Å². The van der Waals surface area contributed by atoms with Gasteiger partial charge in [-0.05, 0) is 36.6 Å². The molecule has 2 atom stereocenters. The van der Waals surface area contributed by atoms with Gasteiger partial charge in [-0.2, -0.15) is 5.10 Å². The van der Waals surface area contributed by atoms with Crippen LogP contribution in [0.25, 0.3) is 0 Å². The SMILES string of the molecule is CCOc1cc([C@@H]2Oc3ccccc3[C@H]3CC(c4cccs4)=NN32)c(Br)cc1OC. The van der Waals surface area contributed by atoms with Crippen molar-refractivity contribution in [3.63, 3.8) is 0 Å². The van der Waals surface area contributed by atoms with Crippen LogP contribution in [0.2, 0.25) is 0 Å². The first-order valence-corrected chi connectivity index (χ1v) is 11.5. The van der Waals surface area contributed by atoms with Gasteiger partial charge in [0.25, 0.3) is 0 Å².